The standard InChI is InChI=1S/C15H18N2/c1-11-8-12(2)10-15(9-11)17(3)14-6-4-13(16)5-7-14/h4-10H,16H2,1-3H3. The molecule has 0 aliphatic carbocycles. The summed E-state index contributed by atoms with van der Waals surface area (Å²) in [5.41, 5.74) is 11.4. The topological polar surface area (TPSA) is 29.3 Å². The lowest BCUT2D eigenvalue weighted by atomic mass is 10.1. The zero-order chi connectivity index (χ0) is 12.4. The molecule has 2 rings (SSSR count). The molecule has 0 radical (unpaired) electrons. The van der Waals surface area contributed by atoms with E-state index in [1.54, 1.807) is 0 Å². The molecule has 0 saturated heterocycles. The molecular formula is C15H18N2. The molecule has 0 unspecified atom stereocenters. The van der Waals surface area contributed by atoms with Gasteiger partial charge in [0.15, 0.2) is 0 Å². The van der Waals surface area contributed by atoms with Crippen LogP contribution < -0.4 is 10.6 Å². The fourth-order valence-corrected chi connectivity index (χ4v) is 1.99. The number of aryl methyl sites for hydroxylation is 2. The van der Waals surface area contributed by atoms with Gasteiger partial charge in [-0.2, -0.15) is 0 Å². The molecule has 0 spiro atoms. The van der Waals surface area contributed by atoms with E-state index in [9.17, 15) is 0 Å². The second-order valence-electron chi connectivity index (χ2n) is 4.50. The van der Waals surface area contributed by atoms with Crippen LogP contribution >= 0.6 is 0 Å². The van der Waals surface area contributed by atoms with Gasteiger partial charge in [0.25, 0.3) is 0 Å². The zero-order valence-corrected chi connectivity index (χ0v) is 10.6. The van der Waals surface area contributed by atoms with E-state index >= 15 is 0 Å². The van der Waals surface area contributed by atoms with Crippen LogP contribution in [0.1, 0.15) is 11.1 Å². The maximum Gasteiger partial charge on any atom is 0.0413 e. The highest BCUT2D eigenvalue weighted by Gasteiger charge is 2.04. The van der Waals surface area contributed by atoms with Gasteiger partial charge in [-0.25, -0.2) is 0 Å². The Balaban J connectivity index is 2.36. The van der Waals surface area contributed by atoms with Crippen LogP contribution in [0.3, 0.4) is 0 Å². The summed E-state index contributed by atoms with van der Waals surface area (Å²) < 4.78 is 0. The van der Waals surface area contributed by atoms with Crippen molar-refractivity contribution in [3.05, 3.63) is 53.6 Å². The van der Waals surface area contributed by atoms with Gasteiger partial charge >= 0.3 is 0 Å². The van der Waals surface area contributed by atoms with Gasteiger partial charge in [0.05, 0.1) is 0 Å². The summed E-state index contributed by atoms with van der Waals surface area (Å²) in [5.74, 6) is 0. The molecule has 0 heterocycles. The molecule has 0 fully saturated rings. The SMILES string of the molecule is Cc1cc(C)cc(N(C)c2ccc(N)cc2)c1. The minimum Gasteiger partial charge on any atom is -0.399 e. The smallest absolute Gasteiger partial charge is 0.0413 e. The third kappa shape index (κ3) is 2.59. The highest BCUT2D eigenvalue weighted by Crippen LogP contribution is 2.26. The molecular weight excluding hydrogens is 208 g/mol. The first-order valence-electron chi connectivity index (χ1n) is 5.74. The van der Waals surface area contributed by atoms with E-state index in [1.807, 2.05) is 24.3 Å². The third-order valence-corrected chi connectivity index (χ3v) is 2.87. The van der Waals surface area contributed by atoms with Crippen LogP contribution in [-0.4, -0.2) is 7.05 Å². The lowest BCUT2D eigenvalue weighted by molar-refractivity contribution is 1.19. The number of hydrogen-bond donors (Lipinski definition) is 1. The molecule has 0 amide bonds. The summed E-state index contributed by atoms with van der Waals surface area (Å²) in [5, 5.41) is 0. The van der Waals surface area contributed by atoms with Gasteiger partial charge in [-0.1, -0.05) is 6.07 Å². The number of nitrogen functional groups attached to an aromatic ring is 1. The van der Waals surface area contributed by atoms with Crippen molar-refractivity contribution in [3.63, 3.8) is 0 Å². The van der Waals surface area contributed by atoms with E-state index in [4.69, 9.17) is 5.73 Å². The number of nitrogens with two attached hydrogens (primary N) is 1. The summed E-state index contributed by atoms with van der Waals surface area (Å²) in [6.07, 6.45) is 0. The normalized spacial score (nSPS) is 10.3. The summed E-state index contributed by atoms with van der Waals surface area (Å²) >= 11 is 0. The van der Waals surface area contributed by atoms with Crippen LogP contribution in [0, 0.1) is 13.8 Å². The molecule has 17 heavy (non-hydrogen) atoms. The van der Waals surface area contributed by atoms with Gasteiger partial charge in [-0.05, 0) is 61.4 Å². The van der Waals surface area contributed by atoms with Crippen LogP contribution in [0.25, 0.3) is 0 Å². The molecule has 0 bridgehead atoms. The molecule has 0 aromatic heterocycles. The first-order valence-corrected chi connectivity index (χ1v) is 5.74. The Morgan fingerprint density at radius 1 is 0.824 bits per heavy atom. The molecule has 2 heteroatoms. The Labute approximate surface area is 103 Å². The van der Waals surface area contributed by atoms with E-state index in [-0.39, 0.29) is 0 Å². The second kappa shape index (κ2) is 4.50. The fraction of sp³-hybridized carbons (Fsp3) is 0.200. The number of anilines is 3. The van der Waals surface area contributed by atoms with Crippen molar-refractivity contribution in [2.75, 3.05) is 17.7 Å². The van der Waals surface area contributed by atoms with Crippen molar-refractivity contribution < 1.29 is 0 Å². The minimum atomic E-state index is 0.794. The van der Waals surface area contributed by atoms with E-state index in [0.717, 1.165) is 11.4 Å². The van der Waals surface area contributed by atoms with Crippen molar-refractivity contribution in [1.29, 1.82) is 0 Å². The van der Waals surface area contributed by atoms with Crippen LogP contribution in [0.15, 0.2) is 42.5 Å². The monoisotopic (exact) mass is 226 g/mol. The Kier molecular flexibility index (Phi) is 3.05. The van der Waals surface area contributed by atoms with Crippen LogP contribution in [0.2, 0.25) is 0 Å². The van der Waals surface area contributed by atoms with Crippen LogP contribution in [-0.2, 0) is 0 Å². The van der Waals surface area contributed by atoms with E-state index < -0.39 is 0 Å². The number of benzene rings is 2. The first kappa shape index (κ1) is 11.5. The predicted molar refractivity (Wildman–Crippen MR) is 74.8 cm³/mol. The van der Waals surface area contributed by atoms with Crippen molar-refractivity contribution in [2.24, 2.45) is 0 Å². The van der Waals surface area contributed by atoms with E-state index in [0.29, 0.717) is 0 Å². The molecule has 0 aliphatic rings. The van der Waals surface area contributed by atoms with E-state index in [1.165, 1.54) is 16.8 Å². The molecule has 0 saturated carbocycles. The quantitative estimate of drug-likeness (QED) is 0.792. The van der Waals surface area contributed by atoms with Gasteiger partial charge < -0.3 is 10.6 Å². The Morgan fingerprint density at radius 2 is 1.35 bits per heavy atom. The minimum absolute atomic E-state index is 0.794. The van der Waals surface area contributed by atoms with Crippen LogP contribution in [0.5, 0.6) is 0 Å². The number of hydrogen-bond acceptors (Lipinski definition) is 2. The summed E-state index contributed by atoms with van der Waals surface area (Å²) in [4.78, 5) is 2.17. The Hall–Kier alpha value is -1.96. The Bertz CT molecular complexity index is 495. The number of rotatable bonds is 2. The highest BCUT2D eigenvalue weighted by atomic mass is 15.1. The van der Waals surface area contributed by atoms with Gasteiger partial charge in [0.1, 0.15) is 0 Å². The molecule has 2 nitrogen and oxygen atoms in total. The first-order chi connectivity index (χ1) is 8.06. The highest BCUT2D eigenvalue weighted by molar-refractivity contribution is 5.65. The lowest BCUT2D eigenvalue weighted by Crippen LogP contribution is -2.09. The van der Waals surface area contributed by atoms with Gasteiger partial charge in [-0.3, -0.25) is 0 Å². The fourth-order valence-electron chi connectivity index (χ4n) is 1.99. The lowest BCUT2D eigenvalue weighted by Gasteiger charge is -2.20. The van der Waals surface area contributed by atoms with Gasteiger partial charge in [0.2, 0.25) is 0 Å². The van der Waals surface area contributed by atoms with Crippen molar-refractivity contribution in [2.45, 2.75) is 13.8 Å². The zero-order valence-electron chi connectivity index (χ0n) is 10.6. The molecule has 88 valence electrons. The van der Waals surface area contributed by atoms with Gasteiger partial charge in [-0.15, -0.1) is 0 Å². The Morgan fingerprint density at radius 3 is 1.88 bits per heavy atom. The average Bonchev–Trinajstić information content (AvgIpc) is 2.28. The molecule has 2 aromatic rings. The van der Waals surface area contributed by atoms with Crippen molar-refractivity contribution in [1.82, 2.24) is 0 Å². The molecule has 2 aromatic carbocycles. The average molecular weight is 226 g/mol. The summed E-state index contributed by atoms with van der Waals surface area (Å²) in [6.45, 7) is 4.24. The maximum absolute atomic E-state index is 5.70. The molecule has 0 atom stereocenters. The van der Waals surface area contributed by atoms with E-state index in [2.05, 4.69) is 44.0 Å². The van der Waals surface area contributed by atoms with Crippen molar-refractivity contribution in [3.8, 4) is 0 Å². The number of nitrogens with zero attached hydrogens (tertiary/aromatic N) is 1. The maximum atomic E-state index is 5.70. The predicted octanol–water partition coefficient (Wildman–Crippen LogP) is 3.65. The second-order valence-corrected chi connectivity index (χ2v) is 4.50. The van der Waals surface area contributed by atoms with Crippen LogP contribution in [0.4, 0.5) is 17.1 Å². The third-order valence-electron chi connectivity index (χ3n) is 2.87. The van der Waals surface area contributed by atoms with Crippen molar-refractivity contribution >= 4 is 17.1 Å². The summed E-state index contributed by atoms with van der Waals surface area (Å²) in [7, 11) is 2.07. The largest absolute Gasteiger partial charge is 0.399 e. The molecule has 0 aliphatic heterocycles. The molecule has 2 N–H and O–H groups in total. The summed E-state index contributed by atoms with van der Waals surface area (Å²) in [6, 6.07) is 14.5. The van der Waals surface area contributed by atoms with Gasteiger partial charge in [0, 0.05) is 24.1 Å².